The number of hydrogen-bond donors (Lipinski definition) is 1. The van der Waals surface area contributed by atoms with E-state index < -0.39 is 5.97 Å². The van der Waals surface area contributed by atoms with Crippen LogP contribution in [0.25, 0.3) is 11.1 Å². The van der Waals surface area contributed by atoms with E-state index in [1.165, 1.54) is 13.2 Å². The van der Waals surface area contributed by atoms with E-state index in [0.717, 1.165) is 34.2 Å². The third-order valence-corrected chi connectivity index (χ3v) is 5.27. The highest BCUT2D eigenvalue weighted by molar-refractivity contribution is 6.24. The van der Waals surface area contributed by atoms with Gasteiger partial charge in [-0.3, -0.25) is 10.2 Å². The third kappa shape index (κ3) is 4.03. The summed E-state index contributed by atoms with van der Waals surface area (Å²) < 4.78 is 4.85. The fourth-order valence-electron chi connectivity index (χ4n) is 3.60. The van der Waals surface area contributed by atoms with E-state index in [-0.39, 0.29) is 11.5 Å². The highest BCUT2D eigenvalue weighted by atomic mass is 16.5. The topological polar surface area (TPSA) is 67.8 Å². The summed E-state index contributed by atoms with van der Waals surface area (Å²) >= 11 is 0. The van der Waals surface area contributed by atoms with Crippen molar-refractivity contribution in [2.24, 2.45) is 5.10 Å². The van der Waals surface area contributed by atoms with Crippen molar-refractivity contribution in [2.45, 2.75) is 13.3 Å². The molecule has 1 aliphatic rings. The molecule has 0 amide bonds. The normalized spacial score (nSPS) is 12.1. The van der Waals surface area contributed by atoms with Crippen LogP contribution in [0.15, 0.2) is 89.7 Å². The molecular weight excluding hydrogens is 388 g/mol. The standard InChI is InChI=1S/C26H22N2O3/c1-3-17-12-14-18(15-13-17)24(29)16-23(26(30)31-2)27-28-25-21-10-6-4-8-19(21)20-9-5-7-11-22(20)25/h4-16,27H,3H2,1-2H3. The minimum Gasteiger partial charge on any atom is -0.464 e. The molecule has 3 aromatic rings. The Morgan fingerprint density at radius 3 is 1.94 bits per heavy atom. The molecular formula is C26H22N2O3. The lowest BCUT2D eigenvalue weighted by Gasteiger charge is -2.07. The van der Waals surface area contributed by atoms with Crippen molar-refractivity contribution < 1.29 is 14.3 Å². The molecule has 0 bridgehead atoms. The van der Waals surface area contributed by atoms with Crippen molar-refractivity contribution >= 4 is 17.5 Å². The summed E-state index contributed by atoms with van der Waals surface area (Å²) in [4.78, 5) is 25.0. The smallest absolute Gasteiger partial charge is 0.356 e. The van der Waals surface area contributed by atoms with E-state index in [9.17, 15) is 9.59 Å². The SMILES string of the molecule is CCc1ccc(C(=O)C=C(NN=C2c3ccccc3-c3ccccc32)C(=O)OC)cc1. The molecule has 0 aromatic heterocycles. The second-order valence-electron chi connectivity index (χ2n) is 7.13. The van der Waals surface area contributed by atoms with Gasteiger partial charge in [-0.15, -0.1) is 0 Å². The number of aryl methyl sites for hydroxylation is 1. The van der Waals surface area contributed by atoms with Gasteiger partial charge in [-0.1, -0.05) is 79.7 Å². The molecule has 5 nitrogen and oxygen atoms in total. The summed E-state index contributed by atoms with van der Waals surface area (Å²) in [5.41, 5.74) is 9.16. The second-order valence-corrected chi connectivity index (χ2v) is 7.13. The van der Waals surface area contributed by atoms with Crippen LogP contribution in [0.4, 0.5) is 0 Å². The van der Waals surface area contributed by atoms with Crippen molar-refractivity contribution in [3.63, 3.8) is 0 Å². The molecule has 154 valence electrons. The zero-order chi connectivity index (χ0) is 21.8. The lowest BCUT2D eigenvalue weighted by atomic mass is 10.1. The highest BCUT2D eigenvalue weighted by Crippen LogP contribution is 2.36. The first-order valence-electron chi connectivity index (χ1n) is 10.1. The summed E-state index contributed by atoms with van der Waals surface area (Å²) in [5.74, 6) is -0.967. The first kappa shape index (κ1) is 20.3. The largest absolute Gasteiger partial charge is 0.464 e. The maximum absolute atomic E-state index is 12.7. The van der Waals surface area contributed by atoms with Crippen molar-refractivity contribution in [3.8, 4) is 11.1 Å². The van der Waals surface area contributed by atoms with Crippen molar-refractivity contribution in [1.82, 2.24) is 5.43 Å². The maximum atomic E-state index is 12.7. The van der Waals surface area contributed by atoms with Crippen LogP contribution in [0, 0.1) is 0 Å². The second kappa shape index (κ2) is 8.79. The number of carbonyl (C=O) groups excluding carboxylic acids is 2. The van der Waals surface area contributed by atoms with Gasteiger partial charge in [-0.05, 0) is 23.1 Å². The molecule has 0 unspecified atom stereocenters. The lowest BCUT2D eigenvalue weighted by molar-refractivity contribution is -0.136. The molecule has 1 N–H and O–H groups in total. The van der Waals surface area contributed by atoms with E-state index in [0.29, 0.717) is 11.3 Å². The number of methoxy groups -OCH3 is 1. The monoisotopic (exact) mass is 410 g/mol. The van der Waals surface area contributed by atoms with E-state index in [4.69, 9.17) is 4.74 Å². The number of allylic oxidation sites excluding steroid dienone is 1. The highest BCUT2D eigenvalue weighted by Gasteiger charge is 2.24. The summed E-state index contributed by atoms with van der Waals surface area (Å²) in [6, 6.07) is 23.2. The molecule has 0 fully saturated rings. The van der Waals surface area contributed by atoms with Gasteiger partial charge in [0.1, 0.15) is 5.70 Å². The number of ether oxygens (including phenoxy) is 1. The van der Waals surface area contributed by atoms with Gasteiger partial charge in [-0.25, -0.2) is 4.79 Å². The predicted molar refractivity (Wildman–Crippen MR) is 121 cm³/mol. The van der Waals surface area contributed by atoms with Gasteiger partial charge >= 0.3 is 5.97 Å². The van der Waals surface area contributed by atoms with Crippen LogP contribution in [-0.2, 0) is 16.0 Å². The number of nitrogens with zero attached hydrogens (tertiary/aromatic N) is 1. The zero-order valence-electron chi connectivity index (χ0n) is 17.4. The van der Waals surface area contributed by atoms with Crippen LogP contribution in [0.2, 0.25) is 0 Å². The summed E-state index contributed by atoms with van der Waals surface area (Å²) in [6.07, 6.45) is 2.11. The van der Waals surface area contributed by atoms with E-state index in [1.807, 2.05) is 60.7 Å². The molecule has 0 atom stereocenters. The Hall–Kier alpha value is -3.99. The predicted octanol–water partition coefficient (Wildman–Crippen LogP) is 4.51. The number of fused-ring (bicyclic) bond motifs is 3. The molecule has 3 aromatic carbocycles. The Morgan fingerprint density at radius 2 is 1.42 bits per heavy atom. The molecule has 1 aliphatic carbocycles. The number of nitrogens with one attached hydrogen (secondary N) is 1. The number of esters is 1. The number of hydrazone groups is 1. The Morgan fingerprint density at radius 1 is 0.871 bits per heavy atom. The van der Waals surface area contributed by atoms with Crippen molar-refractivity contribution in [2.75, 3.05) is 7.11 Å². The number of benzene rings is 3. The average Bonchev–Trinajstić information content (AvgIpc) is 3.15. The van der Waals surface area contributed by atoms with Crippen LogP contribution in [0.3, 0.4) is 0 Å². The summed E-state index contributed by atoms with van der Waals surface area (Å²) in [6.45, 7) is 2.05. The van der Waals surface area contributed by atoms with E-state index in [1.54, 1.807) is 12.1 Å². The Bertz CT molecular complexity index is 1160. The fourth-order valence-corrected chi connectivity index (χ4v) is 3.60. The fraction of sp³-hybridized carbons (Fsp3) is 0.115. The van der Waals surface area contributed by atoms with Crippen molar-refractivity contribution in [3.05, 3.63) is 107 Å². The molecule has 31 heavy (non-hydrogen) atoms. The zero-order valence-corrected chi connectivity index (χ0v) is 17.4. The Labute approximate surface area is 181 Å². The molecule has 0 saturated carbocycles. The van der Waals surface area contributed by atoms with Crippen LogP contribution in [-0.4, -0.2) is 24.6 Å². The van der Waals surface area contributed by atoms with E-state index in [2.05, 4.69) is 17.5 Å². The number of rotatable bonds is 6. The van der Waals surface area contributed by atoms with Crippen LogP contribution in [0.1, 0.15) is 34.0 Å². The lowest BCUT2D eigenvalue weighted by Crippen LogP contribution is -2.20. The summed E-state index contributed by atoms with van der Waals surface area (Å²) in [5, 5.41) is 4.49. The number of hydrogen-bond acceptors (Lipinski definition) is 5. The minimum absolute atomic E-state index is 0.0265. The maximum Gasteiger partial charge on any atom is 0.356 e. The number of ketones is 1. The molecule has 5 heteroatoms. The first-order valence-corrected chi connectivity index (χ1v) is 10.1. The van der Waals surface area contributed by atoms with Crippen LogP contribution < -0.4 is 5.43 Å². The molecule has 0 heterocycles. The van der Waals surface area contributed by atoms with Crippen molar-refractivity contribution in [1.29, 1.82) is 0 Å². The van der Waals surface area contributed by atoms with Gasteiger partial charge < -0.3 is 4.74 Å². The Balaban J connectivity index is 1.67. The van der Waals surface area contributed by atoms with Crippen LogP contribution in [0.5, 0.6) is 0 Å². The molecule has 0 spiro atoms. The van der Waals surface area contributed by atoms with E-state index >= 15 is 0 Å². The first-order chi connectivity index (χ1) is 15.1. The molecule has 0 radical (unpaired) electrons. The Kier molecular flexibility index (Phi) is 5.76. The summed E-state index contributed by atoms with van der Waals surface area (Å²) in [7, 11) is 1.27. The van der Waals surface area contributed by atoms with Gasteiger partial charge in [0.25, 0.3) is 0 Å². The number of carbonyl (C=O) groups is 2. The molecule has 4 rings (SSSR count). The van der Waals surface area contributed by atoms with Gasteiger partial charge in [0.15, 0.2) is 5.78 Å². The molecule has 0 saturated heterocycles. The van der Waals surface area contributed by atoms with Gasteiger partial charge in [0, 0.05) is 22.8 Å². The quantitative estimate of drug-likeness (QED) is 0.220. The van der Waals surface area contributed by atoms with Gasteiger partial charge in [0.2, 0.25) is 0 Å². The third-order valence-electron chi connectivity index (χ3n) is 5.27. The molecule has 0 aliphatic heterocycles. The average molecular weight is 410 g/mol. The van der Waals surface area contributed by atoms with Crippen LogP contribution >= 0.6 is 0 Å². The van der Waals surface area contributed by atoms with Gasteiger partial charge in [0.05, 0.1) is 12.8 Å². The minimum atomic E-state index is -0.664. The van der Waals surface area contributed by atoms with Gasteiger partial charge in [-0.2, -0.15) is 5.10 Å².